The van der Waals surface area contributed by atoms with Crippen LogP contribution in [0.4, 0.5) is 5.69 Å². The van der Waals surface area contributed by atoms with Gasteiger partial charge < -0.3 is 15.4 Å². The van der Waals surface area contributed by atoms with Crippen LogP contribution < -0.4 is 10.5 Å². The van der Waals surface area contributed by atoms with E-state index in [4.69, 9.17) is 10.5 Å². The number of nitrogen functional groups attached to an aromatic ring is 1. The molecule has 0 aliphatic heterocycles. The Kier molecular flexibility index (Phi) is 6.20. The van der Waals surface area contributed by atoms with Crippen LogP contribution >= 0.6 is 0 Å². The molecule has 7 nitrogen and oxygen atoms in total. The number of nitrogens with two attached hydrogens (primary N) is 1. The highest BCUT2D eigenvalue weighted by Crippen LogP contribution is 2.36. The van der Waals surface area contributed by atoms with Crippen LogP contribution in [0.2, 0.25) is 0 Å². The molecule has 0 bridgehead atoms. The topological polar surface area (TPSA) is 90.5 Å². The highest BCUT2D eigenvalue weighted by atomic mass is 16.5. The second-order valence-corrected chi connectivity index (χ2v) is 7.35. The van der Waals surface area contributed by atoms with Crippen molar-refractivity contribution in [3.8, 4) is 22.7 Å². The summed E-state index contributed by atoms with van der Waals surface area (Å²) in [7, 11) is 3.31. The Morgan fingerprint density at radius 1 is 1.10 bits per heavy atom. The first kappa shape index (κ1) is 21.1. The van der Waals surface area contributed by atoms with Crippen molar-refractivity contribution in [3.63, 3.8) is 0 Å². The summed E-state index contributed by atoms with van der Waals surface area (Å²) >= 11 is 0. The molecule has 0 unspecified atom stereocenters. The summed E-state index contributed by atoms with van der Waals surface area (Å²) in [4.78, 5) is 25.4. The van der Waals surface area contributed by atoms with Gasteiger partial charge in [0.05, 0.1) is 17.8 Å². The molecule has 0 aliphatic carbocycles. The monoisotopic (exact) mass is 406 g/mol. The molecule has 0 fully saturated rings. The Balaban J connectivity index is 1.82. The molecular weight excluding hydrogens is 380 g/mol. The van der Waals surface area contributed by atoms with Gasteiger partial charge in [-0.25, -0.2) is 4.68 Å². The molecule has 0 saturated heterocycles. The molecule has 0 spiro atoms. The van der Waals surface area contributed by atoms with E-state index in [9.17, 15) is 9.59 Å². The van der Waals surface area contributed by atoms with Crippen molar-refractivity contribution in [1.82, 2.24) is 14.7 Å². The number of aryl methyl sites for hydroxylation is 1. The number of hydrogen-bond donors (Lipinski definition) is 1. The van der Waals surface area contributed by atoms with Gasteiger partial charge in [-0.3, -0.25) is 9.59 Å². The predicted molar refractivity (Wildman–Crippen MR) is 116 cm³/mol. The zero-order valence-electron chi connectivity index (χ0n) is 17.7. The smallest absolute Gasteiger partial charge is 0.311 e. The highest BCUT2D eigenvalue weighted by molar-refractivity contribution is 5.84. The maximum atomic E-state index is 12.2. The molecular formula is C23H26N4O3. The lowest BCUT2D eigenvalue weighted by atomic mass is 10.0. The minimum atomic E-state index is -0.461. The van der Waals surface area contributed by atoms with Crippen LogP contribution in [-0.2, 0) is 9.59 Å². The van der Waals surface area contributed by atoms with Gasteiger partial charge in [0.1, 0.15) is 5.75 Å². The molecule has 0 saturated carbocycles. The lowest BCUT2D eigenvalue weighted by molar-refractivity contribution is -0.138. The standard InChI is InChI=1S/C23H26N4O3/c1-15-14-18(19-12-13-27(25-19)17-8-6-5-7-9-17)22(24)16(2)23(15)30-21(29)11-10-20(28)26(3)4/h5-9,12-14H,10-11,24H2,1-4H3. The Morgan fingerprint density at radius 3 is 2.47 bits per heavy atom. The van der Waals surface area contributed by atoms with E-state index in [1.807, 2.05) is 62.5 Å². The van der Waals surface area contributed by atoms with Gasteiger partial charge in [-0.2, -0.15) is 5.10 Å². The summed E-state index contributed by atoms with van der Waals surface area (Å²) in [5, 5.41) is 4.64. The van der Waals surface area contributed by atoms with E-state index in [1.54, 1.807) is 18.8 Å². The number of anilines is 1. The Morgan fingerprint density at radius 2 is 1.80 bits per heavy atom. The van der Waals surface area contributed by atoms with Gasteiger partial charge in [-0.15, -0.1) is 0 Å². The summed E-state index contributed by atoms with van der Waals surface area (Å²) in [6.45, 7) is 3.67. The molecule has 156 valence electrons. The van der Waals surface area contributed by atoms with Crippen molar-refractivity contribution in [2.45, 2.75) is 26.7 Å². The Bertz CT molecular complexity index is 1070. The van der Waals surface area contributed by atoms with Crippen LogP contribution in [0.15, 0.2) is 48.7 Å². The first-order chi connectivity index (χ1) is 14.3. The number of amides is 1. The largest absolute Gasteiger partial charge is 0.426 e. The van der Waals surface area contributed by atoms with Crippen molar-refractivity contribution in [3.05, 3.63) is 59.8 Å². The van der Waals surface area contributed by atoms with Crippen molar-refractivity contribution < 1.29 is 14.3 Å². The average Bonchev–Trinajstić information content (AvgIpc) is 3.22. The van der Waals surface area contributed by atoms with Gasteiger partial charge in [0.2, 0.25) is 5.91 Å². The summed E-state index contributed by atoms with van der Waals surface area (Å²) in [5.74, 6) is -0.151. The van der Waals surface area contributed by atoms with Crippen LogP contribution in [0.25, 0.3) is 16.9 Å². The molecule has 30 heavy (non-hydrogen) atoms. The van der Waals surface area contributed by atoms with Gasteiger partial charge in [0.15, 0.2) is 0 Å². The molecule has 1 heterocycles. The number of carbonyl (C=O) groups is 2. The minimum absolute atomic E-state index is 0.0129. The molecule has 2 aromatic carbocycles. The van der Waals surface area contributed by atoms with Gasteiger partial charge >= 0.3 is 5.97 Å². The Labute approximate surface area is 176 Å². The van der Waals surface area contributed by atoms with E-state index < -0.39 is 5.97 Å². The molecule has 1 amide bonds. The molecule has 0 atom stereocenters. The number of esters is 1. The number of ether oxygens (including phenoxy) is 1. The summed E-state index contributed by atoms with van der Waals surface area (Å²) < 4.78 is 7.32. The normalized spacial score (nSPS) is 10.7. The highest BCUT2D eigenvalue weighted by Gasteiger charge is 2.18. The van der Waals surface area contributed by atoms with Crippen molar-refractivity contribution in [1.29, 1.82) is 0 Å². The van der Waals surface area contributed by atoms with E-state index in [-0.39, 0.29) is 18.7 Å². The fraction of sp³-hybridized carbons (Fsp3) is 0.261. The first-order valence-electron chi connectivity index (χ1n) is 9.70. The van der Waals surface area contributed by atoms with Gasteiger partial charge in [0.25, 0.3) is 0 Å². The maximum absolute atomic E-state index is 12.2. The minimum Gasteiger partial charge on any atom is -0.426 e. The van der Waals surface area contributed by atoms with Crippen molar-refractivity contribution in [2.24, 2.45) is 0 Å². The number of hydrogen-bond acceptors (Lipinski definition) is 5. The molecule has 3 rings (SSSR count). The molecule has 0 radical (unpaired) electrons. The second-order valence-electron chi connectivity index (χ2n) is 7.35. The average molecular weight is 406 g/mol. The Hall–Kier alpha value is -3.61. The molecule has 0 aliphatic rings. The first-order valence-corrected chi connectivity index (χ1v) is 9.70. The number of rotatable bonds is 6. The van der Waals surface area contributed by atoms with Gasteiger partial charge in [-0.1, -0.05) is 18.2 Å². The summed E-state index contributed by atoms with van der Waals surface area (Å²) in [6.07, 6.45) is 2.00. The van der Waals surface area contributed by atoms with Gasteiger partial charge in [0, 0.05) is 43.5 Å². The number of nitrogens with zero attached hydrogens (tertiary/aromatic N) is 3. The quantitative estimate of drug-likeness (QED) is 0.384. The number of aromatic nitrogens is 2. The third-order valence-corrected chi connectivity index (χ3v) is 4.90. The van der Waals surface area contributed by atoms with Crippen LogP contribution in [-0.4, -0.2) is 40.7 Å². The van der Waals surface area contributed by atoms with Crippen molar-refractivity contribution >= 4 is 17.6 Å². The zero-order chi connectivity index (χ0) is 21.8. The van der Waals surface area contributed by atoms with E-state index in [1.165, 1.54) is 4.90 Å². The second kappa shape index (κ2) is 8.82. The van der Waals surface area contributed by atoms with Crippen LogP contribution in [0.5, 0.6) is 5.75 Å². The number of para-hydroxylation sites is 1. The molecule has 2 N–H and O–H groups in total. The third kappa shape index (κ3) is 4.51. The van der Waals surface area contributed by atoms with E-state index in [0.717, 1.165) is 22.5 Å². The number of benzene rings is 2. The maximum Gasteiger partial charge on any atom is 0.311 e. The zero-order valence-corrected chi connectivity index (χ0v) is 17.7. The molecule has 7 heteroatoms. The van der Waals surface area contributed by atoms with Crippen LogP contribution in [0.3, 0.4) is 0 Å². The fourth-order valence-corrected chi connectivity index (χ4v) is 3.14. The summed E-state index contributed by atoms with van der Waals surface area (Å²) in [5.41, 5.74) is 10.8. The molecule has 3 aromatic rings. The van der Waals surface area contributed by atoms with Gasteiger partial charge in [-0.05, 0) is 43.7 Å². The van der Waals surface area contributed by atoms with Crippen molar-refractivity contribution in [2.75, 3.05) is 19.8 Å². The van der Waals surface area contributed by atoms with E-state index >= 15 is 0 Å². The SMILES string of the molecule is Cc1cc(-c2ccn(-c3ccccc3)n2)c(N)c(C)c1OC(=O)CCC(=O)N(C)C. The van der Waals surface area contributed by atoms with E-state index in [2.05, 4.69) is 5.10 Å². The van der Waals surface area contributed by atoms with Crippen LogP contribution in [0.1, 0.15) is 24.0 Å². The van der Waals surface area contributed by atoms with E-state index in [0.29, 0.717) is 17.0 Å². The third-order valence-electron chi connectivity index (χ3n) is 4.90. The lowest BCUT2D eigenvalue weighted by Crippen LogP contribution is -2.23. The molecule has 1 aromatic heterocycles. The van der Waals surface area contributed by atoms with Crippen LogP contribution in [0, 0.1) is 13.8 Å². The summed E-state index contributed by atoms with van der Waals surface area (Å²) in [6, 6.07) is 13.6. The predicted octanol–water partition coefficient (Wildman–Crippen LogP) is 3.51. The number of carbonyl (C=O) groups excluding carboxylic acids is 2. The fourth-order valence-electron chi connectivity index (χ4n) is 3.14. The lowest BCUT2D eigenvalue weighted by Gasteiger charge is -2.16.